The molecule has 2 aromatic carbocycles. The van der Waals surface area contributed by atoms with Crippen molar-refractivity contribution in [2.45, 2.75) is 0 Å². The van der Waals surface area contributed by atoms with Crippen LogP contribution >= 0.6 is 0 Å². The van der Waals surface area contributed by atoms with E-state index in [1.54, 1.807) is 0 Å². The van der Waals surface area contributed by atoms with Gasteiger partial charge in [-0.1, -0.05) is 0 Å². The summed E-state index contributed by atoms with van der Waals surface area (Å²) in [7, 11) is 0. The van der Waals surface area contributed by atoms with Gasteiger partial charge < -0.3 is 11.1 Å². The number of nitrogens with one attached hydrogen (secondary N) is 1. The van der Waals surface area contributed by atoms with Crippen molar-refractivity contribution in [1.29, 1.82) is 10.5 Å². The van der Waals surface area contributed by atoms with E-state index >= 15 is 0 Å². The van der Waals surface area contributed by atoms with Crippen LogP contribution in [0.2, 0.25) is 0 Å². The van der Waals surface area contributed by atoms with Gasteiger partial charge in [0.1, 0.15) is 18.0 Å². The zero-order valence-corrected chi connectivity index (χ0v) is 10.7. The molecule has 0 aliphatic heterocycles. The molecule has 0 saturated heterocycles. The minimum Gasteiger partial charge on any atom is -0.399 e. The summed E-state index contributed by atoms with van der Waals surface area (Å²) in [6, 6.07) is 11.7. The summed E-state index contributed by atoms with van der Waals surface area (Å²) in [5.74, 6) is -1.40. The zero-order chi connectivity index (χ0) is 15.4. The molecular formula is C15H9FN4O. The Kier molecular flexibility index (Phi) is 3.83. The molecule has 2 rings (SSSR count). The highest BCUT2D eigenvalue weighted by molar-refractivity contribution is 6.04. The summed E-state index contributed by atoms with van der Waals surface area (Å²) in [5, 5.41) is 20.2. The molecule has 0 heterocycles. The molecule has 2 aromatic rings. The number of benzene rings is 2. The standard InChI is InChI=1S/C15H9FN4O/c16-14-6-11(19)2-4-13(14)15(21)20-12-3-1-9(7-17)10(5-12)8-18/h1-6H,19H2,(H,20,21). The van der Waals surface area contributed by atoms with Crippen molar-refractivity contribution in [2.24, 2.45) is 0 Å². The second-order valence-electron chi connectivity index (χ2n) is 4.18. The number of carbonyl (C=O) groups is 1. The number of amides is 1. The first kappa shape index (κ1) is 14.0. The smallest absolute Gasteiger partial charge is 0.258 e. The highest BCUT2D eigenvalue weighted by atomic mass is 19.1. The van der Waals surface area contributed by atoms with Gasteiger partial charge in [-0.15, -0.1) is 0 Å². The van der Waals surface area contributed by atoms with Gasteiger partial charge in [0.2, 0.25) is 0 Å². The quantitative estimate of drug-likeness (QED) is 0.824. The lowest BCUT2D eigenvalue weighted by Crippen LogP contribution is -2.14. The Morgan fingerprint density at radius 3 is 2.43 bits per heavy atom. The van der Waals surface area contributed by atoms with Crippen molar-refractivity contribution in [2.75, 3.05) is 11.1 Å². The molecule has 5 nitrogen and oxygen atoms in total. The molecule has 21 heavy (non-hydrogen) atoms. The zero-order valence-electron chi connectivity index (χ0n) is 10.7. The molecule has 0 saturated carbocycles. The predicted octanol–water partition coefficient (Wildman–Crippen LogP) is 2.40. The Bertz CT molecular complexity index is 802. The van der Waals surface area contributed by atoms with Gasteiger partial charge in [0, 0.05) is 11.4 Å². The van der Waals surface area contributed by atoms with Crippen molar-refractivity contribution in [1.82, 2.24) is 0 Å². The van der Waals surface area contributed by atoms with Crippen LogP contribution in [0, 0.1) is 28.5 Å². The van der Waals surface area contributed by atoms with E-state index in [1.807, 2.05) is 12.1 Å². The first-order valence-electron chi connectivity index (χ1n) is 5.86. The van der Waals surface area contributed by atoms with Gasteiger partial charge in [0.15, 0.2) is 0 Å². The van der Waals surface area contributed by atoms with E-state index in [4.69, 9.17) is 16.3 Å². The number of hydrogen-bond acceptors (Lipinski definition) is 4. The van der Waals surface area contributed by atoms with Crippen LogP contribution in [0.3, 0.4) is 0 Å². The number of carbonyl (C=O) groups excluding carboxylic acids is 1. The third-order valence-corrected chi connectivity index (χ3v) is 2.76. The number of rotatable bonds is 2. The molecule has 0 aliphatic carbocycles. The SMILES string of the molecule is N#Cc1ccc(NC(=O)c2ccc(N)cc2F)cc1C#N. The molecule has 0 aromatic heterocycles. The number of hydrogen-bond donors (Lipinski definition) is 2. The van der Waals surface area contributed by atoms with Gasteiger partial charge in [-0.25, -0.2) is 4.39 Å². The van der Waals surface area contributed by atoms with E-state index in [0.717, 1.165) is 6.07 Å². The topological polar surface area (TPSA) is 103 Å². The molecule has 1 amide bonds. The molecule has 0 spiro atoms. The van der Waals surface area contributed by atoms with Crippen LogP contribution in [0.1, 0.15) is 21.5 Å². The molecule has 3 N–H and O–H groups in total. The molecule has 0 fully saturated rings. The summed E-state index contributed by atoms with van der Waals surface area (Å²) in [4.78, 5) is 12.0. The molecule has 0 atom stereocenters. The Morgan fingerprint density at radius 2 is 1.81 bits per heavy atom. The summed E-state index contributed by atoms with van der Waals surface area (Å²) >= 11 is 0. The first-order valence-corrected chi connectivity index (χ1v) is 5.86. The number of nitriles is 2. The number of nitrogen functional groups attached to an aromatic ring is 1. The van der Waals surface area contributed by atoms with Crippen LogP contribution in [0.4, 0.5) is 15.8 Å². The van der Waals surface area contributed by atoms with Crippen LogP contribution in [0.15, 0.2) is 36.4 Å². The second kappa shape index (κ2) is 5.72. The lowest BCUT2D eigenvalue weighted by atomic mass is 10.1. The van der Waals surface area contributed by atoms with Gasteiger partial charge in [-0.2, -0.15) is 10.5 Å². The fraction of sp³-hybridized carbons (Fsp3) is 0. The monoisotopic (exact) mass is 280 g/mol. The second-order valence-corrected chi connectivity index (χ2v) is 4.18. The third kappa shape index (κ3) is 2.96. The number of nitrogens with two attached hydrogens (primary N) is 1. The Hall–Kier alpha value is -3.38. The highest BCUT2D eigenvalue weighted by Crippen LogP contribution is 2.17. The van der Waals surface area contributed by atoms with E-state index in [1.165, 1.54) is 30.3 Å². The largest absolute Gasteiger partial charge is 0.399 e. The average molecular weight is 280 g/mol. The average Bonchev–Trinajstić information content (AvgIpc) is 2.46. The maximum absolute atomic E-state index is 13.6. The Balaban J connectivity index is 2.28. The summed E-state index contributed by atoms with van der Waals surface area (Å²) < 4.78 is 13.6. The van der Waals surface area contributed by atoms with Gasteiger partial charge in [0.05, 0.1) is 16.7 Å². The summed E-state index contributed by atoms with van der Waals surface area (Å²) in [6.45, 7) is 0. The molecule has 0 radical (unpaired) electrons. The highest BCUT2D eigenvalue weighted by Gasteiger charge is 2.13. The van der Waals surface area contributed by atoms with Crippen LogP contribution in [0.5, 0.6) is 0 Å². The van der Waals surface area contributed by atoms with Gasteiger partial charge in [-0.05, 0) is 36.4 Å². The molecule has 6 heteroatoms. The number of anilines is 2. The maximum atomic E-state index is 13.6. The minimum atomic E-state index is -0.735. The van der Waals surface area contributed by atoms with Gasteiger partial charge >= 0.3 is 0 Å². The van der Waals surface area contributed by atoms with Crippen molar-refractivity contribution in [3.8, 4) is 12.1 Å². The van der Waals surface area contributed by atoms with Gasteiger partial charge in [-0.3, -0.25) is 4.79 Å². The van der Waals surface area contributed by atoms with Crippen LogP contribution in [-0.2, 0) is 0 Å². The number of nitrogens with zero attached hydrogens (tertiary/aromatic N) is 2. The summed E-state index contributed by atoms with van der Waals surface area (Å²) in [5.41, 5.74) is 6.10. The Labute approximate surface area is 120 Å². The van der Waals surface area contributed by atoms with Crippen molar-refractivity contribution < 1.29 is 9.18 Å². The van der Waals surface area contributed by atoms with E-state index in [-0.39, 0.29) is 22.4 Å². The van der Waals surface area contributed by atoms with E-state index in [9.17, 15) is 9.18 Å². The fourth-order valence-electron chi connectivity index (χ4n) is 1.73. The molecule has 102 valence electrons. The molecular weight excluding hydrogens is 271 g/mol. The number of halogens is 1. The predicted molar refractivity (Wildman–Crippen MR) is 74.6 cm³/mol. The van der Waals surface area contributed by atoms with Crippen LogP contribution < -0.4 is 11.1 Å². The molecule has 0 unspecified atom stereocenters. The van der Waals surface area contributed by atoms with E-state index < -0.39 is 11.7 Å². The van der Waals surface area contributed by atoms with Gasteiger partial charge in [0.25, 0.3) is 5.91 Å². The van der Waals surface area contributed by atoms with Crippen LogP contribution in [-0.4, -0.2) is 5.91 Å². The minimum absolute atomic E-state index is 0.132. The van der Waals surface area contributed by atoms with Crippen molar-refractivity contribution >= 4 is 17.3 Å². The van der Waals surface area contributed by atoms with E-state index in [0.29, 0.717) is 5.69 Å². The van der Waals surface area contributed by atoms with Crippen molar-refractivity contribution in [3.05, 3.63) is 58.9 Å². The summed E-state index contributed by atoms with van der Waals surface area (Å²) in [6.07, 6.45) is 0. The maximum Gasteiger partial charge on any atom is 0.258 e. The van der Waals surface area contributed by atoms with E-state index in [2.05, 4.69) is 5.32 Å². The fourth-order valence-corrected chi connectivity index (χ4v) is 1.73. The molecule has 0 aliphatic rings. The Morgan fingerprint density at radius 1 is 1.10 bits per heavy atom. The third-order valence-electron chi connectivity index (χ3n) is 2.76. The normalized spacial score (nSPS) is 9.48. The van der Waals surface area contributed by atoms with Crippen LogP contribution in [0.25, 0.3) is 0 Å². The molecule has 0 bridgehead atoms. The lowest BCUT2D eigenvalue weighted by molar-refractivity contribution is 0.102. The lowest BCUT2D eigenvalue weighted by Gasteiger charge is -2.07. The first-order chi connectivity index (χ1) is 10.0. The van der Waals surface area contributed by atoms with Crippen molar-refractivity contribution in [3.63, 3.8) is 0 Å².